The van der Waals surface area contributed by atoms with Crippen molar-refractivity contribution in [3.63, 3.8) is 0 Å². The molecule has 1 N–H and O–H groups in total. The molecule has 7 heteroatoms. The zero-order chi connectivity index (χ0) is 20.4. The molecule has 1 amide bonds. The number of anilines is 1. The van der Waals surface area contributed by atoms with Gasteiger partial charge < -0.3 is 15.0 Å². The van der Waals surface area contributed by atoms with Crippen molar-refractivity contribution in [1.29, 1.82) is 0 Å². The number of hydrogen-bond acceptors (Lipinski definition) is 5. The largest absolute Gasteiger partial charge is 0.444 e. The first-order valence-corrected chi connectivity index (χ1v) is 10.0. The van der Waals surface area contributed by atoms with E-state index in [0.29, 0.717) is 6.54 Å². The Morgan fingerprint density at radius 1 is 1.24 bits per heavy atom. The lowest BCUT2D eigenvalue weighted by molar-refractivity contribution is 0.0235. The molecule has 0 bridgehead atoms. The first-order valence-electron chi connectivity index (χ1n) is 10.0. The number of amides is 1. The molecular weight excluding hydrogens is 366 g/mol. The number of aromatic nitrogens is 3. The van der Waals surface area contributed by atoms with Crippen molar-refractivity contribution in [3.8, 4) is 11.1 Å². The minimum atomic E-state index is -0.486. The molecule has 0 radical (unpaired) electrons. The predicted molar refractivity (Wildman–Crippen MR) is 113 cm³/mol. The molecule has 0 aliphatic carbocycles. The fraction of sp³-hybridized carbons (Fsp3) is 0.409. The quantitative estimate of drug-likeness (QED) is 0.719. The van der Waals surface area contributed by atoms with Crippen LogP contribution in [0.25, 0.3) is 16.8 Å². The summed E-state index contributed by atoms with van der Waals surface area (Å²) in [6.07, 6.45) is 5.43. The molecule has 3 heterocycles. The predicted octanol–water partition coefficient (Wildman–Crippen LogP) is 4.21. The Morgan fingerprint density at radius 2 is 2.03 bits per heavy atom. The van der Waals surface area contributed by atoms with E-state index in [2.05, 4.69) is 22.5 Å². The van der Waals surface area contributed by atoms with Crippen molar-refractivity contribution in [2.45, 2.75) is 45.3 Å². The maximum atomic E-state index is 12.5. The lowest BCUT2D eigenvalue weighted by Crippen LogP contribution is -2.42. The first kappa shape index (κ1) is 19.2. The highest BCUT2D eigenvalue weighted by atomic mass is 16.6. The molecule has 4 rings (SSSR count). The number of ether oxygens (including phenoxy) is 1. The summed E-state index contributed by atoms with van der Waals surface area (Å²) in [5, 5.41) is 7.79. The Hall–Kier alpha value is -3.09. The van der Waals surface area contributed by atoms with E-state index in [-0.39, 0.29) is 12.1 Å². The number of fused-ring (bicyclic) bond motifs is 1. The summed E-state index contributed by atoms with van der Waals surface area (Å²) in [5.74, 6) is 0.770. The summed E-state index contributed by atoms with van der Waals surface area (Å²) in [4.78, 5) is 19.1. The average Bonchev–Trinajstić information content (AvgIpc) is 3.32. The zero-order valence-electron chi connectivity index (χ0n) is 17.1. The first-order chi connectivity index (χ1) is 13.9. The van der Waals surface area contributed by atoms with Gasteiger partial charge in [-0.25, -0.2) is 14.3 Å². The highest BCUT2D eigenvalue weighted by Crippen LogP contribution is 2.24. The minimum absolute atomic E-state index is 0.0985. The van der Waals surface area contributed by atoms with Gasteiger partial charge in [0.1, 0.15) is 11.4 Å². The second kappa shape index (κ2) is 7.73. The van der Waals surface area contributed by atoms with Gasteiger partial charge in [-0.3, -0.25) is 0 Å². The zero-order valence-corrected chi connectivity index (χ0v) is 17.1. The van der Waals surface area contributed by atoms with Gasteiger partial charge in [0.15, 0.2) is 5.65 Å². The number of likely N-dealkylation sites (tertiary alicyclic amines) is 1. The molecule has 0 unspecified atom stereocenters. The van der Waals surface area contributed by atoms with Crippen LogP contribution in [-0.4, -0.2) is 50.3 Å². The summed E-state index contributed by atoms with van der Waals surface area (Å²) >= 11 is 0. The van der Waals surface area contributed by atoms with E-state index in [1.165, 1.54) is 0 Å². The lowest BCUT2D eigenvalue weighted by Gasteiger charge is -2.28. The van der Waals surface area contributed by atoms with E-state index in [9.17, 15) is 4.79 Å². The molecule has 1 atom stereocenters. The van der Waals surface area contributed by atoms with Gasteiger partial charge in [-0.2, -0.15) is 5.10 Å². The van der Waals surface area contributed by atoms with Gasteiger partial charge in [0.2, 0.25) is 0 Å². The molecule has 0 saturated carbocycles. The molecule has 1 aliphatic heterocycles. The number of nitrogens with zero attached hydrogens (tertiary/aromatic N) is 4. The average molecular weight is 393 g/mol. The van der Waals surface area contributed by atoms with Crippen LogP contribution in [0.3, 0.4) is 0 Å². The van der Waals surface area contributed by atoms with Gasteiger partial charge in [-0.05, 0) is 45.2 Å². The minimum Gasteiger partial charge on any atom is -0.444 e. The van der Waals surface area contributed by atoms with Gasteiger partial charge in [-0.1, -0.05) is 30.3 Å². The normalized spacial score (nSPS) is 16.9. The molecule has 3 aromatic rings. The van der Waals surface area contributed by atoms with Crippen molar-refractivity contribution in [2.75, 3.05) is 18.4 Å². The molecule has 7 nitrogen and oxygen atoms in total. The molecule has 0 spiro atoms. The van der Waals surface area contributed by atoms with E-state index < -0.39 is 5.60 Å². The van der Waals surface area contributed by atoms with Crippen molar-refractivity contribution in [1.82, 2.24) is 19.5 Å². The van der Waals surface area contributed by atoms with Crippen LogP contribution in [0.4, 0.5) is 10.6 Å². The van der Waals surface area contributed by atoms with Crippen LogP contribution in [0.5, 0.6) is 0 Å². The summed E-state index contributed by atoms with van der Waals surface area (Å²) in [5.41, 5.74) is 2.39. The third-order valence-corrected chi connectivity index (χ3v) is 4.98. The molecular formula is C22H27N5O2. The number of benzene rings is 1. The molecule has 2 aromatic heterocycles. The highest BCUT2D eigenvalue weighted by Gasteiger charge is 2.32. The van der Waals surface area contributed by atoms with Gasteiger partial charge in [0.05, 0.1) is 12.2 Å². The van der Waals surface area contributed by atoms with Gasteiger partial charge in [0.25, 0.3) is 0 Å². The third kappa shape index (κ3) is 4.34. The summed E-state index contributed by atoms with van der Waals surface area (Å²) in [6, 6.07) is 12.1. The standard InChI is InChI=1S/C22H27N5O2/c1-22(2,3)29-21(28)26-12-7-10-17(26)14-23-19-11-13-27-20(25-19)18(15-24-27)16-8-5-4-6-9-16/h4-6,8-9,11,13,15,17H,7,10,12,14H2,1-3H3,(H,23,25)/t17-/m0/s1. The van der Waals surface area contributed by atoms with Crippen molar-refractivity contribution < 1.29 is 9.53 Å². The van der Waals surface area contributed by atoms with E-state index in [4.69, 9.17) is 9.72 Å². The fourth-order valence-electron chi connectivity index (χ4n) is 3.62. The Labute approximate surface area is 170 Å². The van der Waals surface area contributed by atoms with Crippen LogP contribution in [0.1, 0.15) is 33.6 Å². The highest BCUT2D eigenvalue weighted by molar-refractivity contribution is 5.77. The molecule has 1 fully saturated rings. The maximum absolute atomic E-state index is 12.5. The topological polar surface area (TPSA) is 71.8 Å². The molecule has 1 aliphatic rings. The molecule has 1 saturated heterocycles. The SMILES string of the molecule is CC(C)(C)OC(=O)N1CCC[C@H]1CNc1ccn2ncc(-c3ccccc3)c2n1. The number of nitrogens with one attached hydrogen (secondary N) is 1. The monoisotopic (exact) mass is 393 g/mol. The number of carbonyl (C=O) groups excluding carboxylic acids is 1. The van der Waals surface area contributed by atoms with Gasteiger partial charge in [-0.15, -0.1) is 0 Å². The third-order valence-electron chi connectivity index (χ3n) is 4.98. The second-order valence-corrected chi connectivity index (χ2v) is 8.36. The van der Waals surface area contributed by atoms with E-state index in [0.717, 1.165) is 42.0 Å². The Bertz CT molecular complexity index is 993. The van der Waals surface area contributed by atoms with Crippen LogP contribution in [0, 0.1) is 0 Å². The summed E-state index contributed by atoms with van der Waals surface area (Å²) in [6.45, 7) is 7.04. The summed E-state index contributed by atoms with van der Waals surface area (Å²) < 4.78 is 7.32. The van der Waals surface area contributed by atoms with Gasteiger partial charge >= 0.3 is 6.09 Å². The Morgan fingerprint density at radius 3 is 2.79 bits per heavy atom. The maximum Gasteiger partial charge on any atom is 0.410 e. The van der Waals surface area contributed by atoms with E-state index in [1.54, 1.807) is 4.52 Å². The number of rotatable bonds is 4. The number of carbonyl (C=O) groups is 1. The van der Waals surface area contributed by atoms with E-state index >= 15 is 0 Å². The molecule has 29 heavy (non-hydrogen) atoms. The van der Waals surface area contributed by atoms with Crippen LogP contribution >= 0.6 is 0 Å². The van der Waals surface area contributed by atoms with E-state index in [1.807, 2.05) is 62.3 Å². The lowest BCUT2D eigenvalue weighted by atomic mass is 10.1. The Balaban J connectivity index is 1.48. The van der Waals surface area contributed by atoms with Crippen LogP contribution in [0.2, 0.25) is 0 Å². The van der Waals surface area contributed by atoms with Crippen LogP contribution in [0.15, 0.2) is 48.8 Å². The van der Waals surface area contributed by atoms with Crippen LogP contribution in [-0.2, 0) is 4.74 Å². The van der Waals surface area contributed by atoms with Crippen molar-refractivity contribution in [2.24, 2.45) is 0 Å². The van der Waals surface area contributed by atoms with Gasteiger partial charge in [0, 0.05) is 24.8 Å². The molecule has 152 valence electrons. The Kier molecular flexibility index (Phi) is 5.13. The van der Waals surface area contributed by atoms with Crippen molar-refractivity contribution in [3.05, 3.63) is 48.8 Å². The fourth-order valence-corrected chi connectivity index (χ4v) is 3.62. The van der Waals surface area contributed by atoms with Crippen LogP contribution < -0.4 is 5.32 Å². The summed E-state index contributed by atoms with van der Waals surface area (Å²) in [7, 11) is 0. The number of hydrogen-bond donors (Lipinski definition) is 1. The smallest absolute Gasteiger partial charge is 0.410 e. The second-order valence-electron chi connectivity index (χ2n) is 8.36. The molecule has 1 aromatic carbocycles. The van der Waals surface area contributed by atoms with Crippen molar-refractivity contribution >= 4 is 17.6 Å².